The van der Waals surface area contributed by atoms with Crippen LogP contribution >= 0.6 is 0 Å². The van der Waals surface area contributed by atoms with Crippen LogP contribution in [-0.4, -0.2) is 46.7 Å². The van der Waals surface area contributed by atoms with Crippen molar-refractivity contribution >= 4 is 17.7 Å². The maximum absolute atomic E-state index is 11.8. The molecule has 0 radical (unpaired) electrons. The number of piperidine rings is 2. The van der Waals surface area contributed by atoms with Crippen LogP contribution in [-0.2, 0) is 4.79 Å². The fourth-order valence-electron chi connectivity index (χ4n) is 3.33. The van der Waals surface area contributed by atoms with Crippen LogP contribution in [0.25, 0.3) is 0 Å². The van der Waals surface area contributed by atoms with Gasteiger partial charge in [0, 0.05) is 25.3 Å². The Labute approximate surface area is 117 Å². The van der Waals surface area contributed by atoms with E-state index in [9.17, 15) is 9.90 Å². The quantitative estimate of drug-likeness (QED) is 0.703. The summed E-state index contributed by atoms with van der Waals surface area (Å²) in [5.41, 5.74) is 4.94. The van der Waals surface area contributed by atoms with Gasteiger partial charge < -0.3 is 21.1 Å². The van der Waals surface area contributed by atoms with Crippen LogP contribution in [0.15, 0.2) is 12.3 Å². The molecular weight excluding hydrogens is 258 g/mol. The van der Waals surface area contributed by atoms with Crippen molar-refractivity contribution in [3.8, 4) is 0 Å². The molecule has 4 N–H and O–H groups in total. The lowest BCUT2D eigenvalue weighted by molar-refractivity contribution is -0.153. The van der Waals surface area contributed by atoms with Gasteiger partial charge in [0.25, 0.3) is 0 Å². The fraction of sp³-hybridized carbons (Fsp3) is 0.615. The number of nitrogens with one attached hydrogen (secondary N) is 1. The molecule has 7 nitrogen and oxygen atoms in total. The maximum Gasteiger partial charge on any atom is 0.313 e. The van der Waals surface area contributed by atoms with E-state index in [-0.39, 0.29) is 6.04 Å². The van der Waals surface area contributed by atoms with Gasteiger partial charge in [0.15, 0.2) is 0 Å². The summed E-state index contributed by atoms with van der Waals surface area (Å²) in [6, 6.07) is 1.66. The summed E-state index contributed by atoms with van der Waals surface area (Å²) in [4.78, 5) is 22.2. The first kappa shape index (κ1) is 13.1. The number of aliphatic carboxylic acids is 1. The number of nitrogen functional groups attached to an aromatic ring is 1. The van der Waals surface area contributed by atoms with E-state index >= 15 is 0 Å². The minimum Gasteiger partial charge on any atom is -0.481 e. The zero-order valence-electron chi connectivity index (χ0n) is 11.2. The lowest BCUT2D eigenvalue weighted by atomic mass is 9.70. The second-order valence-electron chi connectivity index (χ2n) is 5.56. The minimum absolute atomic E-state index is 0.0334. The summed E-state index contributed by atoms with van der Waals surface area (Å²) in [6.45, 7) is 2.08. The molecule has 0 bridgehead atoms. The molecule has 0 aromatic carbocycles. The Morgan fingerprint density at radius 3 is 3.20 bits per heavy atom. The molecule has 3 heterocycles. The van der Waals surface area contributed by atoms with Crippen LogP contribution < -0.4 is 16.0 Å². The number of carboxylic acids is 1. The van der Waals surface area contributed by atoms with E-state index in [1.165, 1.54) is 0 Å². The summed E-state index contributed by atoms with van der Waals surface area (Å²) in [5, 5.41) is 13.1. The van der Waals surface area contributed by atoms with Crippen LogP contribution in [0.1, 0.15) is 19.3 Å². The molecule has 2 aliphatic heterocycles. The largest absolute Gasteiger partial charge is 0.481 e. The highest BCUT2D eigenvalue weighted by Crippen LogP contribution is 2.38. The molecule has 0 spiro atoms. The van der Waals surface area contributed by atoms with Gasteiger partial charge in [-0.05, 0) is 31.9 Å². The number of carboxylic acid groups (broad SMARTS) is 1. The normalized spacial score (nSPS) is 29.8. The number of nitrogens with two attached hydrogens (primary N) is 1. The van der Waals surface area contributed by atoms with E-state index < -0.39 is 11.4 Å². The van der Waals surface area contributed by atoms with E-state index in [1.807, 2.05) is 4.90 Å². The van der Waals surface area contributed by atoms with Crippen LogP contribution in [0.3, 0.4) is 0 Å². The Morgan fingerprint density at radius 1 is 1.60 bits per heavy atom. The van der Waals surface area contributed by atoms with Gasteiger partial charge in [0.1, 0.15) is 11.2 Å². The first-order valence-electron chi connectivity index (χ1n) is 6.92. The highest BCUT2D eigenvalue weighted by atomic mass is 16.4. The summed E-state index contributed by atoms with van der Waals surface area (Å²) in [5.74, 6) is 0.196. The van der Waals surface area contributed by atoms with Crippen LogP contribution in [0.2, 0.25) is 0 Å². The number of hydrogen-bond donors (Lipinski definition) is 3. The van der Waals surface area contributed by atoms with E-state index in [2.05, 4.69) is 15.3 Å². The first-order valence-corrected chi connectivity index (χ1v) is 6.92. The van der Waals surface area contributed by atoms with Crippen molar-refractivity contribution < 1.29 is 9.90 Å². The number of hydrogen-bond acceptors (Lipinski definition) is 6. The number of fused-ring (bicyclic) bond motifs is 1. The van der Waals surface area contributed by atoms with E-state index in [0.29, 0.717) is 24.7 Å². The van der Waals surface area contributed by atoms with Crippen molar-refractivity contribution in [2.24, 2.45) is 5.41 Å². The second kappa shape index (κ2) is 4.90. The molecule has 0 saturated carbocycles. The topological polar surface area (TPSA) is 104 Å². The van der Waals surface area contributed by atoms with E-state index in [1.54, 1.807) is 12.3 Å². The molecule has 108 valence electrons. The number of rotatable bonds is 2. The predicted molar refractivity (Wildman–Crippen MR) is 74.4 cm³/mol. The van der Waals surface area contributed by atoms with Gasteiger partial charge in [-0.15, -0.1) is 0 Å². The van der Waals surface area contributed by atoms with Gasteiger partial charge in [0.2, 0.25) is 5.95 Å². The molecule has 1 aromatic rings. The lowest BCUT2D eigenvalue weighted by Gasteiger charge is -2.48. The second-order valence-corrected chi connectivity index (χ2v) is 5.56. The van der Waals surface area contributed by atoms with Crippen molar-refractivity contribution in [3.63, 3.8) is 0 Å². The molecule has 1 aromatic heterocycles. The summed E-state index contributed by atoms with van der Waals surface area (Å²) in [7, 11) is 0. The van der Waals surface area contributed by atoms with Crippen molar-refractivity contribution in [2.75, 3.05) is 30.3 Å². The molecule has 2 atom stereocenters. The van der Waals surface area contributed by atoms with Crippen LogP contribution in [0.5, 0.6) is 0 Å². The fourth-order valence-corrected chi connectivity index (χ4v) is 3.33. The molecule has 20 heavy (non-hydrogen) atoms. The van der Waals surface area contributed by atoms with Gasteiger partial charge in [0.05, 0.1) is 0 Å². The number of aromatic nitrogens is 2. The average Bonchev–Trinajstić information content (AvgIpc) is 2.46. The van der Waals surface area contributed by atoms with Crippen molar-refractivity contribution in [3.05, 3.63) is 12.3 Å². The van der Waals surface area contributed by atoms with Crippen molar-refractivity contribution in [1.82, 2.24) is 15.3 Å². The maximum atomic E-state index is 11.8. The Kier molecular flexibility index (Phi) is 3.21. The molecule has 0 amide bonds. The third-order valence-electron chi connectivity index (χ3n) is 4.39. The highest BCUT2D eigenvalue weighted by molar-refractivity contribution is 5.77. The molecule has 2 saturated heterocycles. The summed E-state index contributed by atoms with van der Waals surface area (Å²) in [6.07, 6.45) is 3.97. The summed E-state index contributed by atoms with van der Waals surface area (Å²) >= 11 is 0. The van der Waals surface area contributed by atoms with Gasteiger partial charge >= 0.3 is 5.97 Å². The standard InChI is InChI=1S/C13H19N5O2/c14-10-2-6-16-12(17-10)18-7-3-9-13(8-18,11(19)20)4-1-5-15-9/h2,6,9,15H,1,3-5,7-8H2,(H,19,20)(H2,14,16,17)/t9-,13+/m1/s1. The van der Waals surface area contributed by atoms with Crippen molar-refractivity contribution in [1.29, 1.82) is 0 Å². The Morgan fingerprint density at radius 2 is 2.45 bits per heavy atom. The van der Waals surface area contributed by atoms with E-state index in [4.69, 9.17) is 5.73 Å². The number of anilines is 2. The Bertz CT molecular complexity index is 523. The zero-order valence-corrected chi connectivity index (χ0v) is 11.2. The lowest BCUT2D eigenvalue weighted by Crippen LogP contribution is -2.63. The Balaban J connectivity index is 1.88. The monoisotopic (exact) mass is 277 g/mol. The van der Waals surface area contributed by atoms with Gasteiger partial charge in [-0.2, -0.15) is 4.98 Å². The predicted octanol–water partition coefficient (Wildman–Crippen LogP) is 0.0919. The number of carbonyl (C=O) groups is 1. The molecule has 2 aliphatic rings. The van der Waals surface area contributed by atoms with Gasteiger partial charge in [-0.25, -0.2) is 4.98 Å². The summed E-state index contributed by atoms with van der Waals surface area (Å²) < 4.78 is 0. The molecule has 2 fully saturated rings. The first-order chi connectivity index (χ1) is 9.62. The number of nitrogens with zero attached hydrogens (tertiary/aromatic N) is 3. The zero-order chi connectivity index (χ0) is 14.2. The smallest absolute Gasteiger partial charge is 0.313 e. The molecule has 0 unspecified atom stereocenters. The third-order valence-corrected chi connectivity index (χ3v) is 4.39. The van der Waals surface area contributed by atoms with Gasteiger partial charge in [-0.3, -0.25) is 4.79 Å². The minimum atomic E-state index is -0.746. The Hall–Kier alpha value is -1.89. The highest BCUT2D eigenvalue weighted by Gasteiger charge is 2.51. The average molecular weight is 277 g/mol. The molecule has 3 rings (SSSR count). The molecular formula is C13H19N5O2. The molecule has 0 aliphatic carbocycles. The van der Waals surface area contributed by atoms with E-state index in [0.717, 1.165) is 25.9 Å². The molecule has 7 heteroatoms. The van der Waals surface area contributed by atoms with Crippen LogP contribution in [0, 0.1) is 5.41 Å². The van der Waals surface area contributed by atoms with Crippen molar-refractivity contribution in [2.45, 2.75) is 25.3 Å². The third kappa shape index (κ3) is 2.07. The van der Waals surface area contributed by atoms with Crippen LogP contribution in [0.4, 0.5) is 11.8 Å². The SMILES string of the molecule is Nc1ccnc(N2CC[C@H]3NCCC[C@]3(C(=O)O)C2)n1. The van der Waals surface area contributed by atoms with Gasteiger partial charge in [-0.1, -0.05) is 0 Å².